The van der Waals surface area contributed by atoms with E-state index in [0.717, 1.165) is 23.7 Å². The molecule has 1 aromatic heterocycles. The monoisotopic (exact) mass is 260 g/mol. The molecule has 0 saturated carbocycles. The number of hydrogen-bond acceptors (Lipinski definition) is 4. The topological polar surface area (TPSA) is 76.0 Å². The summed E-state index contributed by atoms with van der Waals surface area (Å²) >= 11 is 0. The number of aromatic amines is 1. The Labute approximate surface area is 113 Å². The van der Waals surface area contributed by atoms with Gasteiger partial charge in [0.05, 0.1) is 24.0 Å². The van der Waals surface area contributed by atoms with Crippen molar-refractivity contribution in [1.29, 1.82) is 0 Å². The lowest BCUT2D eigenvalue weighted by Gasteiger charge is -2.17. The molecule has 1 heterocycles. The number of nitrogens with zero attached hydrogens (tertiary/aromatic N) is 1. The number of nitrogens with one attached hydrogen (secondary N) is 2. The normalized spacial score (nSPS) is 12.1. The van der Waals surface area contributed by atoms with Crippen molar-refractivity contribution in [3.63, 3.8) is 0 Å². The van der Waals surface area contributed by atoms with Crippen LogP contribution in [-0.2, 0) is 0 Å². The third-order valence-electron chi connectivity index (χ3n) is 2.83. The minimum absolute atomic E-state index is 0.0544. The molecule has 0 aliphatic carbocycles. The fraction of sp³-hybridized carbons (Fsp3) is 0.357. The molecule has 0 amide bonds. The van der Waals surface area contributed by atoms with Crippen LogP contribution < -0.4 is 15.8 Å². The maximum absolute atomic E-state index is 6.11. The van der Waals surface area contributed by atoms with Crippen LogP contribution >= 0.6 is 0 Å². The average molecular weight is 260 g/mol. The maximum Gasteiger partial charge on any atom is 0.144 e. The number of ether oxygens (including phenoxy) is 1. The number of nitrogens with two attached hydrogens (primary N) is 1. The van der Waals surface area contributed by atoms with Gasteiger partial charge in [0.1, 0.15) is 11.6 Å². The summed E-state index contributed by atoms with van der Waals surface area (Å²) in [4.78, 5) is 7.30. The van der Waals surface area contributed by atoms with E-state index in [1.165, 1.54) is 0 Å². The molecule has 2 rings (SSSR count). The first kappa shape index (κ1) is 13.3. The van der Waals surface area contributed by atoms with Crippen LogP contribution in [0.15, 0.2) is 30.6 Å². The molecule has 2 aromatic rings. The summed E-state index contributed by atoms with van der Waals surface area (Å²) in [5.74, 6) is 1.60. The number of H-pyrrole nitrogens is 1. The fourth-order valence-corrected chi connectivity index (χ4v) is 1.82. The van der Waals surface area contributed by atoms with Crippen molar-refractivity contribution >= 4 is 11.4 Å². The molecule has 0 bridgehead atoms. The quantitative estimate of drug-likeness (QED) is 0.698. The molecule has 5 heteroatoms. The van der Waals surface area contributed by atoms with Gasteiger partial charge in [-0.1, -0.05) is 13.0 Å². The summed E-state index contributed by atoms with van der Waals surface area (Å²) < 4.78 is 5.61. The van der Waals surface area contributed by atoms with Crippen molar-refractivity contribution in [3.05, 3.63) is 36.4 Å². The van der Waals surface area contributed by atoms with E-state index in [0.29, 0.717) is 12.3 Å². The second-order valence-corrected chi connectivity index (χ2v) is 4.41. The minimum Gasteiger partial charge on any atom is -0.491 e. The third kappa shape index (κ3) is 3.19. The van der Waals surface area contributed by atoms with Gasteiger partial charge in [0.25, 0.3) is 0 Å². The molecule has 1 unspecified atom stereocenters. The molecule has 0 fully saturated rings. The first-order chi connectivity index (χ1) is 9.22. The summed E-state index contributed by atoms with van der Waals surface area (Å²) in [6.07, 6.45) is 4.50. The summed E-state index contributed by atoms with van der Waals surface area (Å²) in [6.45, 7) is 4.76. The molecule has 102 valence electrons. The van der Waals surface area contributed by atoms with Gasteiger partial charge in [-0.25, -0.2) is 4.98 Å². The zero-order valence-corrected chi connectivity index (χ0v) is 11.3. The Balaban J connectivity index is 2.12. The van der Waals surface area contributed by atoms with Crippen LogP contribution in [0.5, 0.6) is 5.75 Å². The van der Waals surface area contributed by atoms with Gasteiger partial charge in [-0.2, -0.15) is 0 Å². The van der Waals surface area contributed by atoms with Crippen molar-refractivity contribution in [3.8, 4) is 5.75 Å². The van der Waals surface area contributed by atoms with Crippen LogP contribution in [0, 0.1) is 0 Å². The smallest absolute Gasteiger partial charge is 0.144 e. The van der Waals surface area contributed by atoms with E-state index in [-0.39, 0.29) is 6.04 Å². The number of anilines is 2. The van der Waals surface area contributed by atoms with E-state index in [1.54, 1.807) is 12.4 Å². The number of hydrogen-bond donors (Lipinski definition) is 3. The lowest BCUT2D eigenvalue weighted by Crippen LogP contribution is -2.10. The van der Waals surface area contributed by atoms with E-state index in [4.69, 9.17) is 10.5 Å². The molecule has 19 heavy (non-hydrogen) atoms. The Hall–Kier alpha value is -2.17. The molecular formula is C14H20N4O. The van der Waals surface area contributed by atoms with Gasteiger partial charge in [-0.05, 0) is 25.5 Å². The van der Waals surface area contributed by atoms with Gasteiger partial charge >= 0.3 is 0 Å². The van der Waals surface area contributed by atoms with Gasteiger partial charge in [0.2, 0.25) is 0 Å². The van der Waals surface area contributed by atoms with Crippen LogP contribution in [-0.4, -0.2) is 16.6 Å². The SMILES string of the molecule is CCCOc1cccc(NC(C)c2ncc[nH]2)c1N. The van der Waals surface area contributed by atoms with Crippen LogP contribution in [0.1, 0.15) is 32.1 Å². The van der Waals surface area contributed by atoms with E-state index in [9.17, 15) is 0 Å². The molecule has 5 nitrogen and oxygen atoms in total. The minimum atomic E-state index is 0.0544. The standard InChI is InChI=1S/C14H20N4O/c1-3-9-19-12-6-4-5-11(13(12)15)18-10(2)14-16-7-8-17-14/h4-8,10,18H,3,9,15H2,1-2H3,(H,16,17). The van der Waals surface area contributed by atoms with E-state index < -0.39 is 0 Å². The molecule has 1 atom stereocenters. The average Bonchev–Trinajstić information content (AvgIpc) is 2.94. The van der Waals surface area contributed by atoms with Crippen LogP contribution in [0.2, 0.25) is 0 Å². The van der Waals surface area contributed by atoms with Crippen molar-refractivity contribution in [2.45, 2.75) is 26.3 Å². The predicted octanol–water partition coefficient (Wildman–Crippen LogP) is 2.95. The Morgan fingerprint density at radius 2 is 2.32 bits per heavy atom. The van der Waals surface area contributed by atoms with Gasteiger partial charge in [-0.3, -0.25) is 0 Å². The summed E-state index contributed by atoms with van der Waals surface area (Å²) in [7, 11) is 0. The van der Waals surface area contributed by atoms with Crippen LogP contribution in [0.25, 0.3) is 0 Å². The number of benzene rings is 1. The lowest BCUT2D eigenvalue weighted by molar-refractivity contribution is 0.319. The zero-order chi connectivity index (χ0) is 13.7. The highest BCUT2D eigenvalue weighted by molar-refractivity contribution is 5.73. The molecule has 0 spiro atoms. The lowest BCUT2D eigenvalue weighted by atomic mass is 10.2. The Morgan fingerprint density at radius 1 is 1.47 bits per heavy atom. The molecule has 0 aliphatic heterocycles. The zero-order valence-electron chi connectivity index (χ0n) is 11.3. The van der Waals surface area contributed by atoms with Gasteiger partial charge in [0.15, 0.2) is 0 Å². The Kier molecular flexibility index (Phi) is 4.28. The van der Waals surface area contributed by atoms with Gasteiger partial charge < -0.3 is 20.8 Å². The van der Waals surface area contributed by atoms with Crippen molar-refractivity contribution < 1.29 is 4.74 Å². The van der Waals surface area contributed by atoms with Crippen LogP contribution in [0.3, 0.4) is 0 Å². The Morgan fingerprint density at radius 3 is 3.00 bits per heavy atom. The van der Waals surface area contributed by atoms with Gasteiger partial charge in [0, 0.05) is 12.4 Å². The van der Waals surface area contributed by atoms with Crippen molar-refractivity contribution in [2.24, 2.45) is 0 Å². The van der Waals surface area contributed by atoms with Crippen molar-refractivity contribution in [1.82, 2.24) is 9.97 Å². The molecule has 1 aromatic carbocycles. The second kappa shape index (κ2) is 6.13. The van der Waals surface area contributed by atoms with Crippen LogP contribution in [0.4, 0.5) is 11.4 Å². The highest BCUT2D eigenvalue weighted by Gasteiger charge is 2.11. The number of nitrogen functional groups attached to an aromatic ring is 1. The molecule has 4 N–H and O–H groups in total. The number of aromatic nitrogens is 2. The second-order valence-electron chi connectivity index (χ2n) is 4.41. The predicted molar refractivity (Wildman–Crippen MR) is 77.3 cm³/mol. The highest BCUT2D eigenvalue weighted by Crippen LogP contribution is 2.31. The molecular weight excluding hydrogens is 240 g/mol. The van der Waals surface area contributed by atoms with Crippen molar-refractivity contribution in [2.75, 3.05) is 17.7 Å². The first-order valence-electron chi connectivity index (χ1n) is 6.49. The number of para-hydroxylation sites is 1. The molecule has 0 radical (unpaired) electrons. The summed E-state index contributed by atoms with van der Waals surface area (Å²) in [5, 5.41) is 3.33. The fourth-order valence-electron chi connectivity index (χ4n) is 1.82. The van der Waals surface area contributed by atoms with Gasteiger partial charge in [-0.15, -0.1) is 0 Å². The van der Waals surface area contributed by atoms with E-state index >= 15 is 0 Å². The number of rotatable bonds is 6. The maximum atomic E-state index is 6.11. The summed E-state index contributed by atoms with van der Waals surface area (Å²) in [5.41, 5.74) is 7.60. The van der Waals surface area contributed by atoms with E-state index in [1.807, 2.05) is 25.1 Å². The summed E-state index contributed by atoms with van der Waals surface area (Å²) in [6, 6.07) is 5.80. The largest absolute Gasteiger partial charge is 0.491 e. The Bertz CT molecular complexity index is 510. The van der Waals surface area contributed by atoms with E-state index in [2.05, 4.69) is 22.2 Å². The molecule has 0 aliphatic rings. The third-order valence-corrected chi connectivity index (χ3v) is 2.83. The molecule has 0 saturated heterocycles. The highest BCUT2D eigenvalue weighted by atomic mass is 16.5. The number of imidazole rings is 1. The first-order valence-corrected chi connectivity index (χ1v) is 6.49.